The van der Waals surface area contributed by atoms with E-state index in [4.69, 9.17) is 4.74 Å². The number of aryl methyl sites for hydroxylation is 1. The van der Waals surface area contributed by atoms with Crippen molar-refractivity contribution in [1.29, 1.82) is 0 Å². The fraction of sp³-hybridized carbons (Fsp3) is 0.211. The molecule has 0 bridgehead atoms. The van der Waals surface area contributed by atoms with Gasteiger partial charge in [-0.15, -0.1) is 0 Å². The molecule has 3 rings (SSSR count). The summed E-state index contributed by atoms with van der Waals surface area (Å²) in [7, 11) is 1.51. The van der Waals surface area contributed by atoms with Crippen LogP contribution in [0.3, 0.4) is 0 Å². The molecule has 0 aliphatic heterocycles. The molecular formula is C19H19N5O2. The molecule has 1 N–H and O–H groups in total. The Labute approximate surface area is 151 Å². The highest BCUT2D eigenvalue weighted by Crippen LogP contribution is 2.19. The van der Waals surface area contributed by atoms with Gasteiger partial charge in [-0.3, -0.25) is 9.78 Å². The number of nitrogens with zero attached hydrogens (tertiary/aromatic N) is 4. The topological polar surface area (TPSA) is 89.9 Å². The van der Waals surface area contributed by atoms with Gasteiger partial charge in [0.2, 0.25) is 5.88 Å². The van der Waals surface area contributed by atoms with Crippen LogP contribution in [0.4, 0.5) is 0 Å². The number of pyridine rings is 2. The Balaban J connectivity index is 1.70. The van der Waals surface area contributed by atoms with E-state index in [2.05, 4.69) is 25.3 Å². The molecular weight excluding hydrogens is 330 g/mol. The highest BCUT2D eigenvalue weighted by Gasteiger charge is 2.11. The zero-order chi connectivity index (χ0) is 18.4. The number of hydrogen-bond acceptors (Lipinski definition) is 6. The van der Waals surface area contributed by atoms with E-state index >= 15 is 0 Å². The lowest BCUT2D eigenvalue weighted by Gasteiger charge is -2.10. The zero-order valence-corrected chi connectivity index (χ0v) is 14.6. The second kappa shape index (κ2) is 8.15. The molecule has 0 saturated heterocycles. The van der Waals surface area contributed by atoms with E-state index in [1.165, 1.54) is 7.11 Å². The van der Waals surface area contributed by atoms with E-state index in [-0.39, 0.29) is 5.91 Å². The summed E-state index contributed by atoms with van der Waals surface area (Å²) in [5.41, 5.74) is 3.04. The Hall–Kier alpha value is -3.35. The molecule has 1 amide bonds. The third-order valence-corrected chi connectivity index (χ3v) is 3.78. The van der Waals surface area contributed by atoms with Gasteiger partial charge < -0.3 is 10.1 Å². The molecule has 132 valence electrons. The molecule has 0 spiro atoms. The normalized spacial score (nSPS) is 10.4. The minimum Gasteiger partial charge on any atom is -0.481 e. The molecule has 0 saturated carbocycles. The number of methoxy groups -OCH3 is 1. The Kier molecular flexibility index (Phi) is 5.48. The Morgan fingerprint density at radius 1 is 1.15 bits per heavy atom. The lowest BCUT2D eigenvalue weighted by atomic mass is 10.1. The van der Waals surface area contributed by atoms with Crippen LogP contribution in [0.2, 0.25) is 0 Å². The third kappa shape index (κ3) is 4.18. The molecule has 0 aromatic carbocycles. The van der Waals surface area contributed by atoms with E-state index in [9.17, 15) is 4.79 Å². The number of aromatic nitrogens is 4. The highest BCUT2D eigenvalue weighted by molar-refractivity contribution is 5.94. The van der Waals surface area contributed by atoms with Crippen LogP contribution in [0.1, 0.15) is 21.9 Å². The van der Waals surface area contributed by atoms with Crippen molar-refractivity contribution >= 4 is 5.91 Å². The number of carbonyl (C=O) groups is 1. The summed E-state index contributed by atoms with van der Waals surface area (Å²) in [6, 6.07) is 8.95. The minimum atomic E-state index is -0.184. The number of amides is 1. The second-order valence-corrected chi connectivity index (χ2v) is 5.59. The van der Waals surface area contributed by atoms with Crippen molar-refractivity contribution in [3.8, 4) is 17.1 Å². The molecule has 7 heteroatoms. The van der Waals surface area contributed by atoms with Crippen molar-refractivity contribution in [3.05, 3.63) is 66.0 Å². The van der Waals surface area contributed by atoms with Gasteiger partial charge in [-0.2, -0.15) is 0 Å². The summed E-state index contributed by atoms with van der Waals surface area (Å²) in [6.07, 6.45) is 5.62. The smallest absolute Gasteiger partial charge is 0.251 e. The summed E-state index contributed by atoms with van der Waals surface area (Å²) in [5, 5.41) is 2.89. The van der Waals surface area contributed by atoms with Gasteiger partial charge in [0.05, 0.1) is 18.5 Å². The predicted molar refractivity (Wildman–Crippen MR) is 96.8 cm³/mol. The maximum absolute atomic E-state index is 12.3. The first-order valence-corrected chi connectivity index (χ1v) is 8.19. The summed E-state index contributed by atoms with van der Waals surface area (Å²) in [6.45, 7) is 2.29. The van der Waals surface area contributed by atoms with Gasteiger partial charge in [-0.25, -0.2) is 15.0 Å². The largest absolute Gasteiger partial charge is 0.481 e. The van der Waals surface area contributed by atoms with Gasteiger partial charge in [0, 0.05) is 48.7 Å². The van der Waals surface area contributed by atoms with E-state index < -0.39 is 0 Å². The first kappa shape index (κ1) is 17.5. The number of rotatable bonds is 6. The van der Waals surface area contributed by atoms with E-state index in [1.807, 2.05) is 25.1 Å². The van der Waals surface area contributed by atoms with E-state index in [1.54, 1.807) is 30.7 Å². The average Bonchev–Trinajstić information content (AvgIpc) is 2.69. The summed E-state index contributed by atoms with van der Waals surface area (Å²) >= 11 is 0. The molecule has 3 aromatic rings. The lowest BCUT2D eigenvalue weighted by Crippen LogP contribution is -2.26. The highest BCUT2D eigenvalue weighted by atomic mass is 16.5. The second-order valence-electron chi connectivity index (χ2n) is 5.59. The van der Waals surface area contributed by atoms with Crippen LogP contribution in [0.25, 0.3) is 11.3 Å². The molecule has 0 unspecified atom stereocenters. The van der Waals surface area contributed by atoms with Gasteiger partial charge in [0.15, 0.2) is 0 Å². The molecule has 3 aromatic heterocycles. The molecule has 0 aliphatic rings. The molecule has 26 heavy (non-hydrogen) atoms. The van der Waals surface area contributed by atoms with Crippen LogP contribution in [0.5, 0.6) is 5.88 Å². The Morgan fingerprint density at radius 3 is 2.81 bits per heavy atom. The van der Waals surface area contributed by atoms with Crippen molar-refractivity contribution in [3.63, 3.8) is 0 Å². The van der Waals surface area contributed by atoms with Crippen molar-refractivity contribution in [1.82, 2.24) is 25.3 Å². The molecule has 0 atom stereocenters. The first-order valence-electron chi connectivity index (χ1n) is 8.19. The lowest BCUT2D eigenvalue weighted by molar-refractivity contribution is 0.0953. The maximum atomic E-state index is 12.3. The van der Waals surface area contributed by atoms with Crippen LogP contribution in [-0.4, -0.2) is 39.5 Å². The van der Waals surface area contributed by atoms with E-state index in [0.717, 1.165) is 17.0 Å². The van der Waals surface area contributed by atoms with Crippen LogP contribution in [-0.2, 0) is 6.42 Å². The van der Waals surface area contributed by atoms with Crippen molar-refractivity contribution < 1.29 is 9.53 Å². The number of hydrogen-bond donors (Lipinski definition) is 1. The summed E-state index contributed by atoms with van der Waals surface area (Å²) in [4.78, 5) is 29.4. The molecule has 0 radical (unpaired) electrons. The molecule has 0 fully saturated rings. The number of carbonyl (C=O) groups excluding carboxylic acids is 1. The van der Waals surface area contributed by atoms with Crippen LogP contribution in [0.15, 0.2) is 48.9 Å². The monoisotopic (exact) mass is 349 g/mol. The van der Waals surface area contributed by atoms with Gasteiger partial charge in [-0.05, 0) is 25.1 Å². The first-order chi connectivity index (χ1) is 12.7. The SMILES string of the molecule is COc1cc(C(=O)NCCc2nc(C)ncc2-c2ccccn2)ccn1. The van der Waals surface area contributed by atoms with Crippen LogP contribution >= 0.6 is 0 Å². The fourth-order valence-electron chi connectivity index (χ4n) is 2.50. The number of ether oxygens (including phenoxy) is 1. The zero-order valence-electron chi connectivity index (χ0n) is 14.6. The summed E-state index contributed by atoms with van der Waals surface area (Å²) < 4.78 is 5.04. The van der Waals surface area contributed by atoms with Gasteiger partial charge in [0.1, 0.15) is 5.82 Å². The average molecular weight is 349 g/mol. The standard InChI is InChI=1S/C19H19N5O2/c1-13-23-12-15(16-5-3-4-8-20-16)17(24-13)7-10-22-19(25)14-6-9-21-18(11-14)26-2/h3-6,8-9,11-12H,7,10H2,1-2H3,(H,22,25). The van der Waals surface area contributed by atoms with Gasteiger partial charge in [0.25, 0.3) is 5.91 Å². The molecule has 0 aliphatic carbocycles. The van der Waals surface area contributed by atoms with Gasteiger partial charge in [-0.1, -0.05) is 6.07 Å². The Bertz CT molecular complexity index is 899. The van der Waals surface area contributed by atoms with E-state index in [0.29, 0.717) is 30.2 Å². The molecule has 7 nitrogen and oxygen atoms in total. The van der Waals surface area contributed by atoms with Crippen molar-refractivity contribution in [2.75, 3.05) is 13.7 Å². The third-order valence-electron chi connectivity index (χ3n) is 3.78. The predicted octanol–water partition coefficient (Wildman–Crippen LogP) is 2.22. The number of nitrogens with one attached hydrogen (secondary N) is 1. The van der Waals surface area contributed by atoms with Crippen LogP contribution in [0, 0.1) is 6.92 Å². The van der Waals surface area contributed by atoms with Crippen molar-refractivity contribution in [2.45, 2.75) is 13.3 Å². The summed E-state index contributed by atoms with van der Waals surface area (Å²) in [5.74, 6) is 0.905. The molecule has 3 heterocycles. The quantitative estimate of drug-likeness (QED) is 0.734. The van der Waals surface area contributed by atoms with Crippen molar-refractivity contribution in [2.24, 2.45) is 0 Å². The fourth-order valence-corrected chi connectivity index (χ4v) is 2.50. The van der Waals surface area contributed by atoms with Gasteiger partial charge >= 0.3 is 0 Å². The minimum absolute atomic E-state index is 0.184. The Morgan fingerprint density at radius 2 is 2.04 bits per heavy atom. The maximum Gasteiger partial charge on any atom is 0.251 e. The van der Waals surface area contributed by atoms with Crippen LogP contribution < -0.4 is 10.1 Å².